The van der Waals surface area contributed by atoms with E-state index in [0.29, 0.717) is 24.0 Å². The monoisotopic (exact) mass is 263 g/mol. The highest BCUT2D eigenvalue weighted by atomic mass is 16.5. The lowest BCUT2D eigenvalue weighted by molar-refractivity contribution is -0.124. The maximum atomic E-state index is 11.6. The summed E-state index contributed by atoms with van der Waals surface area (Å²) in [6, 6.07) is 6.01. The van der Waals surface area contributed by atoms with Crippen LogP contribution < -0.4 is 5.32 Å². The van der Waals surface area contributed by atoms with Crippen molar-refractivity contribution in [2.45, 2.75) is 19.8 Å². The van der Waals surface area contributed by atoms with Gasteiger partial charge in [-0.25, -0.2) is 4.79 Å². The molecule has 102 valence electrons. The van der Waals surface area contributed by atoms with Crippen molar-refractivity contribution in [3.63, 3.8) is 0 Å². The molecule has 0 aliphatic heterocycles. The molecule has 0 radical (unpaired) electrons. The minimum Gasteiger partial charge on any atom is -0.452 e. The zero-order valence-electron chi connectivity index (χ0n) is 10.8. The molecule has 5 nitrogen and oxygen atoms in total. The van der Waals surface area contributed by atoms with Gasteiger partial charge in [0.2, 0.25) is 0 Å². The van der Waals surface area contributed by atoms with Crippen LogP contribution in [0.1, 0.15) is 40.5 Å². The van der Waals surface area contributed by atoms with Crippen LogP contribution in [0.3, 0.4) is 0 Å². The number of esters is 1. The van der Waals surface area contributed by atoms with Crippen LogP contribution in [-0.2, 0) is 9.53 Å². The second-order valence-corrected chi connectivity index (χ2v) is 4.02. The number of aldehydes is 1. The Labute approximate surface area is 111 Å². The average Bonchev–Trinajstić information content (AvgIpc) is 2.45. The number of carbonyl (C=O) groups excluding carboxylic acids is 3. The molecule has 0 unspecified atom stereocenters. The van der Waals surface area contributed by atoms with Gasteiger partial charge in [0.05, 0.1) is 5.56 Å². The van der Waals surface area contributed by atoms with Gasteiger partial charge in [-0.3, -0.25) is 9.59 Å². The first kappa shape index (κ1) is 14.9. The summed E-state index contributed by atoms with van der Waals surface area (Å²) in [6.07, 6.45) is 2.58. The van der Waals surface area contributed by atoms with E-state index in [1.807, 2.05) is 6.92 Å². The Kier molecular flexibility index (Phi) is 6.29. The standard InChI is InChI=1S/C14H17NO4/c1-2-3-8-15-13(17)10-19-14(18)12-6-4-11(9-16)5-7-12/h4-7,9H,2-3,8,10H2,1H3,(H,15,17). The van der Waals surface area contributed by atoms with Crippen molar-refractivity contribution in [2.24, 2.45) is 0 Å². The molecular weight excluding hydrogens is 246 g/mol. The lowest BCUT2D eigenvalue weighted by Gasteiger charge is -2.06. The van der Waals surface area contributed by atoms with Gasteiger partial charge in [0, 0.05) is 12.1 Å². The van der Waals surface area contributed by atoms with E-state index in [1.165, 1.54) is 24.3 Å². The number of hydrogen-bond acceptors (Lipinski definition) is 4. The molecule has 0 saturated carbocycles. The van der Waals surface area contributed by atoms with Crippen LogP contribution in [0.5, 0.6) is 0 Å². The van der Waals surface area contributed by atoms with E-state index in [0.717, 1.165) is 12.8 Å². The Balaban J connectivity index is 2.37. The van der Waals surface area contributed by atoms with Gasteiger partial charge in [0.25, 0.3) is 5.91 Å². The largest absolute Gasteiger partial charge is 0.452 e. The van der Waals surface area contributed by atoms with Crippen LogP contribution in [0, 0.1) is 0 Å². The third kappa shape index (κ3) is 5.33. The van der Waals surface area contributed by atoms with E-state index in [2.05, 4.69) is 5.32 Å². The van der Waals surface area contributed by atoms with Crippen molar-refractivity contribution >= 4 is 18.2 Å². The lowest BCUT2D eigenvalue weighted by atomic mass is 10.1. The molecule has 0 heterocycles. The molecule has 0 bridgehead atoms. The number of carbonyl (C=O) groups is 3. The van der Waals surface area contributed by atoms with Gasteiger partial charge in [-0.05, 0) is 18.6 Å². The van der Waals surface area contributed by atoms with Crippen molar-refractivity contribution in [1.29, 1.82) is 0 Å². The van der Waals surface area contributed by atoms with Crippen LogP contribution in [0.15, 0.2) is 24.3 Å². The Hall–Kier alpha value is -2.17. The first-order valence-corrected chi connectivity index (χ1v) is 6.16. The zero-order chi connectivity index (χ0) is 14.1. The smallest absolute Gasteiger partial charge is 0.338 e. The molecule has 0 saturated heterocycles. The first-order valence-electron chi connectivity index (χ1n) is 6.16. The number of amides is 1. The Morgan fingerprint density at radius 3 is 2.53 bits per heavy atom. The second kappa shape index (κ2) is 8.02. The number of nitrogens with one attached hydrogen (secondary N) is 1. The third-order valence-electron chi connectivity index (χ3n) is 2.47. The Morgan fingerprint density at radius 2 is 1.95 bits per heavy atom. The van der Waals surface area contributed by atoms with Gasteiger partial charge >= 0.3 is 5.97 Å². The van der Waals surface area contributed by atoms with Crippen molar-refractivity contribution in [1.82, 2.24) is 5.32 Å². The van der Waals surface area contributed by atoms with Crippen LogP contribution >= 0.6 is 0 Å². The fraction of sp³-hybridized carbons (Fsp3) is 0.357. The van der Waals surface area contributed by atoms with Crippen molar-refractivity contribution in [3.8, 4) is 0 Å². The first-order chi connectivity index (χ1) is 9.17. The highest BCUT2D eigenvalue weighted by Gasteiger charge is 2.09. The number of unbranched alkanes of at least 4 members (excludes halogenated alkanes) is 1. The van der Waals surface area contributed by atoms with Gasteiger partial charge in [-0.15, -0.1) is 0 Å². The molecule has 0 atom stereocenters. The highest BCUT2D eigenvalue weighted by Crippen LogP contribution is 2.04. The van der Waals surface area contributed by atoms with E-state index in [9.17, 15) is 14.4 Å². The van der Waals surface area contributed by atoms with Crippen molar-refractivity contribution in [2.75, 3.05) is 13.2 Å². The molecule has 1 amide bonds. The number of rotatable bonds is 7. The van der Waals surface area contributed by atoms with Gasteiger partial charge in [-0.1, -0.05) is 25.5 Å². The number of ether oxygens (including phenoxy) is 1. The fourth-order valence-corrected chi connectivity index (χ4v) is 1.37. The Bertz CT molecular complexity index is 439. The van der Waals surface area contributed by atoms with E-state index in [-0.39, 0.29) is 12.5 Å². The molecule has 1 aromatic carbocycles. The number of hydrogen-bond donors (Lipinski definition) is 1. The third-order valence-corrected chi connectivity index (χ3v) is 2.47. The summed E-state index contributed by atoms with van der Waals surface area (Å²) in [4.78, 5) is 33.4. The molecule has 0 aliphatic carbocycles. The van der Waals surface area contributed by atoms with E-state index < -0.39 is 5.97 Å². The summed E-state index contributed by atoms with van der Waals surface area (Å²) in [5.74, 6) is -0.894. The van der Waals surface area contributed by atoms with Gasteiger partial charge in [0.1, 0.15) is 6.29 Å². The van der Waals surface area contributed by atoms with Gasteiger partial charge in [-0.2, -0.15) is 0 Å². The van der Waals surface area contributed by atoms with Crippen molar-refractivity contribution < 1.29 is 19.1 Å². The quantitative estimate of drug-likeness (QED) is 0.460. The minimum atomic E-state index is -0.580. The normalized spacial score (nSPS) is 9.74. The summed E-state index contributed by atoms with van der Waals surface area (Å²) in [6.45, 7) is 2.31. The van der Waals surface area contributed by atoms with Crippen LogP contribution in [0.2, 0.25) is 0 Å². The molecule has 1 rings (SSSR count). The van der Waals surface area contributed by atoms with Crippen molar-refractivity contribution in [3.05, 3.63) is 35.4 Å². The summed E-state index contributed by atoms with van der Waals surface area (Å²) in [5, 5.41) is 2.65. The molecule has 1 N–H and O–H groups in total. The van der Waals surface area contributed by atoms with Crippen LogP contribution in [0.25, 0.3) is 0 Å². The summed E-state index contributed by atoms with van der Waals surface area (Å²) in [7, 11) is 0. The van der Waals surface area contributed by atoms with Gasteiger partial charge in [0.15, 0.2) is 6.61 Å². The molecule has 0 aromatic heterocycles. The molecule has 0 spiro atoms. The molecule has 0 aliphatic rings. The fourth-order valence-electron chi connectivity index (χ4n) is 1.37. The molecule has 5 heteroatoms. The lowest BCUT2D eigenvalue weighted by Crippen LogP contribution is -2.29. The second-order valence-electron chi connectivity index (χ2n) is 4.02. The molecule has 19 heavy (non-hydrogen) atoms. The van der Waals surface area contributed by atoms with Crippen LogP contribution in [0.4, 0.5) is 0 Å². The topological polar surface area (TPSA) is 72.5 Å². The minimum absolute atomic E-state index is 0.294. The summed E-state index contributed by atoms with van der Waals surface area (Å²) < 4.78 is 4.85. The molecule has 0 fully saturated rings. The molecule has 1 aromatic rings. The van der Waals surface area contributed by atoms with E-state index in [1.54, 1.807) is 0 Å². The zero-order valence-corrected chi connectivity index (χ0v) is 10.8. The maximum absolute atomic E-state index is 11.6. The van der Waals surface area contributed by atoms with E-state index >= 15 is 0 Å². The molecular formula is C14H17NO4. The highest BCUT2D eigenvalue weighted by molar-refractivity contribution is 5.92. The number of benzene rings is 1. The maximum Gasteiger partial charge on any atom is 0.338 e. The van der Waals surface area contributed by atoms with Crippen LogP contribution in [-0.4, -0.2) is 31.3 Å². The SMILES string of the molecule is CCCCNC(=O)COC(=O)c1ccc(C=O)cc1. The Morgan fingerprint density at radius 1 is 1.26 bits per heavy atom. The summed E-state index contributed by atoms with van der Waals surface area (Å²) >= 11 is 0. The van der Waals surface area contributed by atoms with Gasteiger partial charge < -0.3 is 10.1 Å². The summed E-state index contributed by atoms with van der Waals surface area (Å²) in [5.41, 5.74) is 0.792. The predicted octanol–water partition coefficient (Wildman–Crippen LogP) is 1.57. The van der Waals surface area contributed by atoms with E-state index in [4.69, 9.17) is 4.74 Å². The average molecular weight is 263 g/mol. The predicted molar refractivity (Wildman–Crippen MR) is 70.0 cm³/mol.